The Hall–Kier alpha value is -3.12. The molecule has 2 heterocycles. The summed E-state index contributed by atoms with van der Waals surface area (Å²) in [5.41, 5.74) is 1.92. The zero-order valence-electron chi connectivity index (χ0n) is 12.4. The molecule has 0 fully saturated rings. The number of carboxylic acids is 1. The number of para-hydroxylation sites is 1. The van der Waals surface area contributed by atoms with E-state index < -0.39 is 5.97 Å². The van der Waals surface area contributed by atoms with Crippen LogP contribution in [0.5, 0.6) is 11.5 Å². The second-order valence-corrected chi connectivity index (χ2v) is 5.98. The van der Waals surface area contributed by atoms with Crippen molar-refractivity contribution < 1.29 is 14.6 Å². The molecule has 0 saturated heterocycles. The van der Waals surface area contributed by atoms with Gasteiger partial charge in [0.1, 0.15) is 11.5 Å². The van der Waals surface area contributed by atoms with Crippen molar-refractivity contribution in [2.24, 2.45) is 0 Å². The molecular weight excluding hydrogens is 324 g/mol. The monoisotopic (exact) mass is 336 g/mol. The van der Waals surface area contributed by atoms with Gasteiger partial charge in [-0.25, -0.2) is 9.78 Å². The van der Waals surface area contributed by atoms with E-state index in [4.69, 9.17) is 9.84 Å². The third-order valence-electron chi connectivity index (χ3n) is 3.56. The molecule has 0 radical (unpaired) electrons. The number of aromatic carboxylic acids is 1. The average Bonchev–Trinajstić information content (AvgIpc) is 3.17. The SMILES string of the molecule is O=C(O)c1cn2c(-c3ccc(Oc4ccccc4)cc3)csc2n1. The molecule has 4 aromatic rings. The van der Waals surface area contributed by atoms with Crippen LogP contribution in [-0.2, 0) is 0 Å². The van der Waals surface area contributed by atoms with Crippen LogP contribution in [0.1, 0.15) is 10.5 Å². The second kappa shape index (κ2) is 5.82. The third kappa shape index (κ3) is 2.63. The first-order valence-electron chi connectivity index (χ1n) is 7.24. The van der Waals surface area contributed by atoms with Gasteiger partial charge in [0.05, 0.1) is 5.69 Å². The minimum Gasteiger partial charge on any atom is -0.476 e. The lowest BCUT2D eigenvalue weighted by atomic mass is 10.1. The molecule has 1 N–H and O–H groups in total. The summed E-state index contributed by atoms with van der Waals surface area (Å²) < 4.78 is 7.57. The summed E-state index contributed by atoms with van der Waals surface area (Å²) in [6, 6.07) is 17.2. The molecule has 118 valence electrons. The summed E-state index contributed by atoms with van der Waals surface area (Å²) in [6.45, 7) is 0. The number of carbonyl (C=O) groups is 1. The number of thiazole rings is 1. The van der Waals surface area contributed by atoms with Gasteiger partial charge in [-0.15, -0.1) is 11.3 Å². The highest BCUT2D eigenvalue weighted by Gasteiger charge is 2.13. The van der Waals surface area contributed by atoms with E-state index in [9.17, 15) is 4.79 Å². The Morgan fingerprint density at radius 2 is 1.75 bits per heavy atom. The fourth-order valence-corrected chi connectivity index (χ4v) is 3.30. The van der Waals surface area contributed by atoms with Gasteiger partial charge in [0.2, 0.25) is 0 Å². The number of aromatic nitrogens is 2. The third-order valence-corrected chi connectivity index (χ3v) is 4.40. The van der Waals surface area contributed by atoms with Crippen molar-refractivity contribution in [1.82, 2.24) is 9.38 Å². The molecule has 24 heavy (non-hydrogen) atoms. The van der Waals surface area contributed by atoms with Gasteiger partial charge in [-0.05, 0) is 42.0 Å². The van der Waals surface area contributed by atoms with Crippen molar-refractivity contribution in [2.45, 2.75) is 0 Å². The van der Waals surface area contributed by atoms with Crippen LogP contribution in [0.25, 0.3) is 16.2 Å². The van der Waals surface area contributed by atoms with E-state index in [1.165, 1.54) is 17.5 Å². The molecule has 0 aliphatic carbocycles. The quantitative estimate of drug-likeness (QED) is 0.594. The van der Waals surface area contributed by atoms with Crippen LogP contribution in [0, 0.1) is 0 Å². The molecule has 6 heteroatoms. The van der Waals surface area contributed by atoms with Gasteiger partial charge in [0, 0.05) is 11.6 Å². The maximum absolute atomic E-state index is 11.0. The Morgan fingerprint density at radius 3 is 2.46 bits per heavy atom. The predicted molar refractivity (Wildman–Crippen MR) is 92.0 cm³/mol. The van der Waals surface area contributed by atoms with Gasteiger partial charge in [-0.2, -0.15) is 0 Å². The normalized spacial score (nSPS) is 10.8. The van der Waals surface area contributed by atoms with Crippen molar-refractivity contribution in [3.05, 3.63) is 71.9 Å². The molecule has 5 nitrogen and oxygen atoms in total. The van der Waals surface area contributed by atoms with Gasteiger partial charge in [0.15, 0.2) is 10.7 Å². The zero-order chi connectivity index (χ0) is 16.5. The highest BCUT2D eigenvalue weighted by Crippen LogP contribution is 2.29. The molecule has 0 aliphatic heterocycles. The van der Waals surface area contributed by atoms with E-state index >= 15 is 0 Å². The van der Waals surface area contributed by atoms with Crippen LogP contribution >= 0.6 is 11.3 Å². The number of hydrogen-bond acceptors (Lipinski definition) is 4. The Kier molecular flexibility index (Phi) is 3.51. The van der Waals surface area contributed by atoms with Crippen molar-refractivity contribution in [3.63, 3.8) is 0 Å². The minimum absolute atomic E-state index is 0.0483. The number of benzene rings is 2. The fourth-order valence-electron chi connectivity index (χ4n) is 2.41. The summed E-state index contributed by atoms with van der Waals surface area (Å²) >= 11 is 1.41. The van der Waals surface area contributed by atoms with Gasteiger partial charge in [0.25, 0.3) is 0 Å². The number of carboxylic acid groups (broad SMARTS) is 1. The van der Waals surface area contributed by atoms with E-state index in [2.05, 4.69) is 4.98 Å². The molecular formula is C18H12N2O3S. The molecule has 4 rings (SSSR count). The average molecular weight is 336 g/mol. The van der Waals surface area contributed by atoms with Crippen molar-refractivity contribution in [1.29, 1.82) is 0 Å². The largest absolute Gasteiger partial charge is 0.476 e. The van der Waals surface area contributed by atoms with Crippen molar-refractivity contribution in [2.75, 3.05) is 0 Å². The first kappa shape index (κ1) is 14.5. The van der Waals surface area contributed by atoms with Crippen LogP contribution in [0.2, 0.25) is 0 Å². The molecule has 0 bridgehead atoms. The molecule has 0 saturated carbocycles. The molecule has 0 aliphatic rings. The summed E-state index contributed by atoms with van der Waals surface area (Å²) in [5, 5.41) is 11.0. The van der Waals surface area contributed by atoms with E-state index in [1.54, 1.807) is 4.40 Å². The summed E-state index contributed by atoms with van der Waals surface area (Å²) in [4.78, 5) is 15.8. The zero-order valence-corrected chi connectivity index (χ0v) is 13.2. The highest BCUT2D eigenvalue weighted by molar-refractivity contribution is 7.15. The molecule has 0 amide bonds. The van der Waals surface area contributed by atoms with Crippen LogP contribution in [0.4, 0.5) is 0 Å². The van der Waals surface area contributed by atoms with E-state index in [0.717, 1.165) is 22.8 Å². The first-order valence-corrected chi connectivity index (χ1v) is 8.12. The lowest BCUT2D eigenvalue weighted by molar-refractivity contribution is 0.0691. The topological polar surface area (TPSA) is 63.8 Å². The molecule has 2 aromatic heterocycles. The summed E-state index contributed by atoms with van der Waals surface area (Å²) in [5.74, 6) is 0.501. The molecule has 2 aromatic carbocycles. The summed E-state index contributed by atoms with van der Waals surface area (Å²) in [6.07, 6.45) is 1.54. The lowest BCUT2D eigenvalue weighted by Gasteiger charge is -2.06. The maximum Gasteiger partial charge on any atom is 0.356 e. The van der Waals surface area contributed by atoms with E-state index in [-0.39, 0.29) is 5.69 Å². The number of imidazole rings is 1. The Balaban J connectivity index is 1.64. The van der Waals surface area contributed by atoms with Crippen LogP contribution in [-0.4, -0.2) is 20.5 Å². The second-order valence-electron chi connectivity index (χ2n) is 5.14. The number of fused-ring (bicyclic) bond motifs is 1. The van der Waals surface area contributed by atoms with Crippen molar-refractivity contribution >= 4 is 22.3 Å². The number of hydrogen-bond donors (Lipinski definition) is 1. The number of rotatable bonds is 4. The van der Waals surface area contributed by atoms with Gasteiger partial charge < -0.3 is 9.84 Å². The Labute approximate surface area is 141 Å². The summed E-state index contributed by atoms with van der Waals surface area (Å²) in [7, 11) is 0. The Bertz CT molecular complexity index is 1000. The maximum atomic E-state index is 11.0. The lowest BCUT2D eigenvalue weighted by Crippen LogP contribution is -1.95. The highest BCUT2D eigenvalue weighted by atomic mass is 32.1. The van der Waals surface area contributed by atoms with E-state index in [0.29, 0.717) is 4.96 Å². The Morgan fingerprint density at radius 1 is 1.04 bits per heavy atom. The number of ether oxygens (including phenoxy) is 1. The predicted octanol–water partition coefficient (Wildman–Crippen LogP) is 4.55. The number of nitrogens with zero attached hydrogens (tertiary/aromatic N) is 2. The van der Waals surface area contributed by atoms with Gasteiger partial charge in [-0.3, -0.25) is 4.40 Å². The minimum atomic E-state index is -1.02. The van der Waals surface area contributed by atoms with Gasteiger partial charge in [-0.1, -0.05) is 18.2 Å². The molecule has 0 unspecified atom stereocenters. The molecule has 0 atom stereocenters. The smallest absolute Gasteiger partial charge is 0.356 e. The van der Waals surface area contributed by atoms with E-state index in [1.807, 2.05) is 60.0 Å². The fraction of sp³-hybridized carbons (Fsp3) is 0. The van der Waals surface area contributed by atoms with Crippen molar-refractivity contribution in [3.8, 4) is 22.8 Å². The first-order chi connectivity index (χ1) is 11.7. The molecule has 0 spiro atoms. The van der Waals surface area contributed by atoms with Crippen LogP contribution in [0.3, 0.4) is 0 Å². The van der Waals surface area contributed by atoms with Gasteiger partial charge >= 0.3 is 5.97 Å². The van der Waals surface area contributed by atoms with Crippen LogP contribution < -0.4 is 4.74 Å². The van der Waals surface area contributed by atoms with Crippen LogP contribution in [0.15, 0.2) is 66.2 Å². The standard InChI is InChI=1S/C18H12N2O3S/c21-17(22)15-10-20-16(11-24-18(20)19-15)12-6-8-14(9-7-12)23-13-4-2-1-3-5-13/h1-11H,(H,21,22).